The first kappa shape index (κ1) is 12.7. The molecule has 2 N–H and O–H groups in total. The molecule has 2 aromatic rings. The molecule has 20 heavy (non-hydrogen) atoms. The Labute approximate surface area is 116 Å². The van der Waals surface area contributed by atoms with E-state index in [0.29, 0.717) is 18.0 Å². The first-order valence-electron chi connectivity index (χ1n) is 6.58. The Morgan fingerprint density at radius 3 is 3.25 bits per heavy atom. The summed E-state index contributed by atoms with van der Waals surface area (Å²) in [6.45, 7) is 3.10. The van der Waals surface area contributed by atoms with Gasteiger partial charge >= 0.3 is 0 Å². The second-order valence-corrected chi connectivity index (χ2v) is 4.83. The van der Waals surface area contributed by atoms with Gasteiger partial charge in [0.1, 0.15) is 5.82 Å². The van der Waals surface area contributed by atoms with Crippen molar-refractivity contribution >= 4 is 5.91 Å². The van der Waals surface area contributed by atoms with Gasteiger partial charge in [-0.1, -0.05) is 0 Å². The molecule has 0 saturated carbocycles. The molecular weight excluding hydrogens is 256 g/mol. The molecule has 3 heterocycles. The standard InChI is InChI=1S/C13H16N6O/c20-13(11-1-2-17-18-7-11)16-6-10-5-14-8-12-15-3-4-19(12)9-10/h1-4,7,10,14H,5-6,8-9H2,(H,16,20). The van der Waals surface area contributed by atoms with Crippen molar-refractivity contribution in [2.75, 3.05) is 13.1 Å². The van der Waals surface area contributed by atoms with Gasteiger partial charge in [0.25, 0.3) is 5.91 Å². The third-order valence-electron chi connectivity index (χ3n) is 3.37. The van der Waals surface area contributed by atoms with Crippen molar-refractivity contribution in [3.8, 4) is 0 Å². The Kier molecular flexibility index (Phi) is 3.69. The van der Waals surface area contributed by atoms with Crippen LogP contribution >= 0.6 is 0 Å². The molecule has 0 aromatic carbocycles. The highest BCUT2D eigenvalue weighted by Crippen LogP contribution is 2.08. The molecule has 0 aliphatic carbocycles. The largest absolute Gasteiger partial charge is 0.352 e. The number of nitrogens with one attached hydrogen (secondary N) is 2. The number of rotatable bonds is 3. The van der Waals surface area contributed by atoms with E-state index < -0.39 is 0 Å². The zero-order chi connectivity index (χ0) is 13.8. The summed E-state index contributed by atoms with van der Waals surface area (Å²) in [7, 11) is 0. The second kappa shape index (κ2) is 5.79. The van der Waals surface area contributed by atoms with Crippen molar-refractivity contribution in [3.63, 3.8) is 0 Å². The third kappa shape index (κ3) is 2.83. The van der Waals surface area contributed by atoms with Crippen LogP contribution < -0.4 is 10.6 Å². The molecule has 1 aliphatic heterocycles. The first-order chi connectivity index (χ1) is 9.83. The number of fused-ring (bicyclic) bond motifs is 1. The van der Waals surface area contributed by atoms with E-state index in [1.165, 1.54) is 12.4 Å². The van der Waals surface area contributed by atoms with E-state index in [2.05, 4.69) is 30.4 Å². The van der Waals surface area contributed by atoms with Gasteiger partial charge in [-0.3, -0.25) is 4.79 Å². The van der Waals surface area contributed by atoms with Crippen LogP contribution in [-0.4, -0.2) is 38.7 Å². The van der Waals surface area contributed by atoms with Crippen LogP contribution in [0.25, 0.3) is 0 Å². The van der Waals surface area contributed by atoms with Gasteiger partial charge in [-0.15, -0.1) is 0 Å². The number of carbonyl (C=O) groups is 1. The summed E-state index contributed by atoms with van der Waals surface area (Å²) < 4.78 is 2.13. The zero-order valence-electron chi connectivity index (χ0n) is 11.0. The number of nitrogens with zero attached hydrogens (tertiary/aromatic N) is 4. The number of aromatic nitrogens is 4. The van der Waals surface area contributed by atoms with Gasteiger partial charge < -0.3 is 15.2 Å². The molecule has 2 aromatic heterocycles. The molecule has 0 spiro atoms. The highest BCUT2D eigenvalue weighted by Gasteiger charge is 2.17. The predicted octanol–water partition coefficient (Wildman–Crippen LogP) is -0.178. The molecule has 1 unspecified atom stereocenters. The molecule has 1 aliphatic rings. The van der Waals surface area contributed by atoms with Crippen LogP contribution in [0.4, 0.5) is 0 Å². The van der Waals surface area contributed by atoms with E-state index in [4.69, 9.17) is 0 Å². The number of hydrogen-bond donors (Lipinski definition) is 2. The highest BCUT2D eigenvalue weighted by molar-refractivity contribution is 5.93. The van der Waals surface area contributed by atoms with E-state index in [1.807, 2.05) is 6.20 Å². The smallest absolute Gasteiger partial charge is 0.252 e. The maximum atomic E-state index is 12.0. The van der Waals surface area contributed by atoms with Crippen LogP contribution in [0.2, 0.25) is 0 Å². The lowest BCUT2D eigenvalue weighted by Gasteiger charge is -2.16. The summed E-state index contributed by atoms with van der Waals surface area (Å²) in [5, 5.41) is 13.6. The van der Waals surface area contributed by atoms with Gasteiger partial charge in [-0.05, 0) is 6.07 Å². The predicted molar refractivity (Wildman–Crippen MR) is 71.8 cm³/mol. The zero-order valence-corrected chi connectivity index (χ0v) is 11.0. The van der Waals surface area contributed by atoms with Crippen LogP contribution in [0, 0.1) is 5.92 Å². The van der Waals surface area contributed by atoms with E-state index >= 15 is 0 Å². The number of amides is 1. The Morgan fingerprint density at radius 1 is 1.45 bits per heavy atom. The summed E-state index contributed by atoms with van der Waals surface area (Å²) in [5.74, 6) is 1.26. The summed E-state index contributed by atoms with van der Waals surface area (Å²) in [4.78, 5) is 16.2. The average molecular weight is 272 g/mol. The summed E-state index contributed by atoms with van der Waals surface area (Å²) >= 11 is 0. The highest BCUT2D eigenvalue weighted by atomic mass is 16.1. The van der Waals surface area contributed by atoms with Crippen LogP contribution in [-0.2, 0) is 13.1 Å². The number of imidazole rings is 1. The van der Waals surface area contributed by atoms with Gasteiger partial charge in [0.2, 0.25) is 0 Å². The van der Waals surface area contributed by atoms with E-state index in [0.717, 1.165) is 25.5 Å². The van der Waals surface area contributed by atoms with E-state index in [-0.39, 0.29) is 5.91 Å². The molecule has 0 bridgehead atoms. The number of carbonyl (C=O) groups excluding carboxylic acids is 1. The van der Waals surface area contributed by atoms with Gasteiger partial charge in [0.05, 0.1) is 24.5 Å². The fourth-order valence-corrected chi connectivity index (χ4v) is 2.31. The quantitative estimate of drug-likeness (QED) is 0.810. The third-order valence-corrected chi connectivity index (χ3v) is 3.37. The van der Waals surface area contributed by atoms with Crippen LogP contribution in [0.3, 0.4) is 0 Å². The molecule has 1 atom stereocenters. The van der Waals surface area contributed by atoms with Crippen molar-refractivity contribution < 1.29 is 4.79 Å². The fraction of sp³-hybridized carbons (Fsp3) is 0.385. The summed E-state index contributed by atoms with van der Waals surface area (Å²) in [6, 6.07) is 1.65. The maximum Gasteiger partial charge on any atom is 0.252 e. The Bertz CT molecular complexity index is 582. The molecule has 104 valence electrons. The van der Waals surface area contributed by atoms with Crippen molar-refractivity contribution in [1.82, 2.24) is 30.4 Å². The Hall–Kier alpha value is -2.28. The molecule has 7 nitrogen and oxygen atoms in total. The Balaban J connectivity index is 1.58. The molecule has 7 heteroatoms. The van der Waals surface area contributed by atoms with Crippen LogP contribution in [0.1, 0.15) is 16.2 Å². The number of hydrogen-bond acceptors (Lipinski definition) is 5. The van der Waals surface area contributed by atoms with Crippen molar-refractivity contribution in [2.24, 2.45) is 5.92 Å². The summed E-state index contributed by atoms with van der Waals surface area (Å²) in [6.07, 6.45) is 6.76. The fourth-order valence-electron chi connectivity index (χ4n) is 2.31. The molecule has 0 radical (unpaired) electrons. The Morgan fingerprint density at radius 2 is 2.40 bits per heavy atom. The summed E-state index contributed by atoms with van der Waals surface area (Å²) in [5.41, 5.74) is 0.532. The van der Waals surface area contributed by atoms with Crippen molar-refractivity contribution in [3.05, 3.63) is 42.2 Å². The van der Waals surface area contributed by atoms with Gasteiger partial charge in [0.15, 0.2) is 0 Å². The van der Waals surface area contributed by atoms with E-state index in [9.17, 15) is 4.79 Å². The molecular formula is C13H16N6O. The molecule has 0 saturated heterocycles. The topological polar surface area (TPSA) is 84.7 Å². The minimum Gasteiger partial charge on any atom is -0.352 e. The minimum absolute atomic E-state index is 0.116. The SMILES string of the molecule is O=C(NCC1CNCc2nccn2C1)c1ccnnc1. The van der Waals surface area contributed by atoms with Gasteiger partial charge in [-0.2, -0.15) is 10.2 Å². The minimum atomic E-state index is -0.116. The monoisotopic (exact) mass is 272 g/mol. The second-order valence-electron chi connectivity index (χ2n) is 4.83. The van der Waals surface area contributed by atoms with Crippen LogP contribution in [0.15, 0.2) is 30.9 Å². The van der Waals surface area contributed by atoms with Crippen LogP contribution in [0.5, 0.6) is 0 Å². The van der Waals surface area contributed by atoms with Gasteiger partial charge in [0, 0.05) is 37.9 Å². The lowest BCUT2D eigenvalue weighted by atomic mass is 10.1. The molecule has 1 amide bonds. The van der Waals surface area contributed by atoms with Crippen molar-refractivity contribution in [2.45, 2.75) is 13.1 Å². The normalized spacial score (nSPS) is 18.1. The first-order valence-corrected chi connectivity index (χ1v) is 6.58. The molecule has 0 fully saturated rings. The van der Waals surface area contributed by atoms with Gasteiger partial charge in [-0.25, -0.2) is 4.98 Å². The van der Waals surface area contributed by atoms with Crippen molar-refractivity contribution in [1.29, 1.82) is 0 Å². The lowest BCUT2D eigenvalue weighted by Crippen LogP contribution is -2.34. The van der Waals surface area contributed by atoms with E-state index in [1.54, 1.807) is 12.3 Å². The lowest BCUT2D eigenvalue weighted by molar-refractivity contribution is 0.0945. The molecule has 3 rings (SSSR count). The maximum absolute atomic E-state index is 12.0. The average Bonchev–Trinajstić information content (AvgIpc) is 2.83.